The largest absolute Gasteiger partial charge is 0.550 e. The van der Waals surface area contributed by atoms with Gasteiger partial charge >= 0.3 is 0 Å². The van der Waals surface area contributed by atoms with Gasteiger partial charge in [-0.3, -0.25) is 4.79 Å². The van der Waals surface area contributed by atoms with Gasteiger partial charge in [-0.1, -0.05) is 0 Å². The first kappa shape index (κ1) is 17.1. The lowest BCUT2D eigenvalue weighted by Gasteiger charge is -2.30. The highest BCUT2D eigenvalue weighted by Crippen LogP contribution is 2.52. The van der Waals surface area contributed by atoms with Crippen LogP contribution in [-0.2, 0) is 9.59 Å². The summed E-state index contributed by atoms with van der Waals surface area (Å²) >= 11 is 1.11. The van der Waals surface area contributed by atoms with E-state index in [2.05, 4.69) is 10.3 Å². The number of benzene rings is 1. The molecule has 1 aromatic carbocycles. The first-order valence-corrected chi connectivity index (χ1v) is 9.24. The number of hydrogen-bond donors (Lipinski definition) is 1. The fraction of sp³-hybridized carbons (Fsp3) is 0.389. The number of aliphatic carboxylic acids is 1. The molecule has 8 heteroatoms. The minimum Gasteiger partial charge on any atom is -0.550 e. The van der Waals surface area contributed by atoms with Gasteiger partial charge in [-0.25, -0.2) is 13.8 Å². The van der Waals surface area contributed by atoms with Crippen LogP contribution >= 0.6 is 11.3 Å². The van der Waals surface area contributed by atoms with Crippen LogP contribution in [0.2, 0.25) is 0 Å². The summed E-state index contributed by atoms with van der Waals surface area (Å²) in [7, 11) is 0. The molecule has 0 saturated heterocycles. The molecule has 26 heavy (non-hydrogen) atoms. The average molecular weight is 377 g/mol. The number of hydrogen-bond acceptors (Lipinski definition) is 5. The van der Waals surface area contributed by atoms with Crippen molar-refractivity contribution in [2.75, 3.05) is 5.32 Å². The van der Waals surface area contributed by atoms with Crippen molar-refractivity contribution >= 4 is 28.3 Å². The maximum Gasteiger partial charge on any atom is 0.230 e. The van der Waals surface area contributed by atoms with Crippen molar-refractivity contribution in [3.05, 3.63) is 35.2 Å². The molecule has 0 radical (unpaired) electrons. The first-order valence-electron chi connectivity index (χ1n) is 8.36. The Morgan fingerprint density at radius 3 is 2.62 bits per heavy atom. The van der Waals surface area contributed by atoms with Crippen LogP contribution in [0.15, 0.2) is 23.6 Å². The third kappa shape index (κ3) is 2.88. The van der Waals surface area contributed by atoms with Gasteiger partial charge in [0.25, 0.3) is 0 Å². The molecule has 1 aromatic heterocycles. The zero-order valence-electron chi connectivity index (χ0n) is 13.6. The second-order valence-electron chi connectivity index (χ2n) is 6.86. The Hall–Kier alpha value is -2.35. The number of carbonyl (C=O) groups is 2. The summed E-state index contributed by atoms with van der Waals surface area (Å²) in [6.07, 6.45) is 2.40. The van der Waals surface area contributed by atoms with E-state index in [1.165, 1.54) is 6.07 Å². The minimum absolute atomic E-state index is 0.000849. The molecular weight excluding hydrogens is 362 g/mol. The molecule has 5 nitrogen and oxygen atoms in total. The number of fused-ring (bicyclic) bond motifs is 2. The highest BCUT2D eigenvalue weighted by atomic mass is 32.1. The number of aromatic nitrogens is 1. The zero-order valence-corrected chi connectivity index (χ0v) is 14.4. The number of carboxylic acids is 1. The number of nitrogens with one attached hydrogen (secondary N) is 1. The summed E-state index contributed by atoms with van der Waals surface area (Å²) in [4.78, 5) is 28.2. The van der Waals surface area contributed by atoms with E-state index in [1.54, 1.807) is 5.38 Å². The number of thiazole rings is 1. The van der Waals surface area contributed by atoms with E-state index in [9.17, 15) is 23.5 Å². The summed E-state index contributed by atoms with van der Waals surface area (Å²) in [5.41, 5.74) is 0.419. The van der Waals surface area contributed by atoms with Crippen molar-refractivity contribution in [2.45, 2.75) is 19.3 Å². The fourth-order valence-corrected chi connectivity index (χ4v) is 5.06. The Kier molecular flexibility index (Phi) is 4.22. The summed E-state index contributed by atoms with van der Waals surface area (Å²) in [6, 6.07) is 3.19. The topological polar surface area (TPSA) is 82.1 Å². The maximum absolute atomic E-state index is 13.9. The molecule has 2 bridgehead atoms. The lowest BCUT2D eigenvalue weighted by Crippen LogP contribution is -2.43. The molecular formula is C18H15F2N2O3S-. The van der Waals surface area contributed by atoms with E-state index >= 15 is 0 Å². The molecule has 1 N–H and O–H groups in total. The molecule has 4 atom stereocenters. The highest BCUT2D eigenvalue weighted by molar-refractivity contribution is 7.14. The summed E-state index contributed by atoms with van der Waals surface area (Å²) < 4.78 is 26.9. The standard InChI is InChI=1S/C18H16F2N2O3S/c19-10-3-4-11(12(20)6-10)13-7-26-18(21-13)22-16(23)14-8-1-2-9(5-8)15(14)17(24)25/h3-4,6-9,14-15H,1-2,5H2,(H,24,25)(H,21,22,23)/p-1/t8-,9+,14+,15+/m1/s1. The Morgan fingerprint density at radius 2 is 1.92 bits per heavy atom. The summed E-state index contributed by atoms with van der Waals surface area (Å²) in [5, 5.41) is 15.9. The fourth-order valence-electron chi connectivity index (χ4n) is 4.35. The number of amides is 1. The van der Waals surface area contributed by atoms with E-state index in [1.807, 2.05) is 0 Å². The van der Waals surface area contributed by atoms with Crippen LogP contribution in [0.1, 0.15) is 19.3 Å². The van der Waals surface area contributed by atoms with Gasteiger partial charge in [-0.2, -0.15) is 0 Å². The van der Waals surface area contributed by atoms with E-state index in [0.29, 0.717) is 0 Å². The second-order valence-corrected chi connectivity index (χ2v) is 7.71. The van der Waals surface area contributed by atoms with Gasteiger partial charge in [0.05, 0.1) is 5.69 Å². The van der Waals surface area contributed by atoms with Gasteiger partial charge in [-0.15, -0.1) is 11.3 Å². The molecule has 1 heterocycles. The number of carbonyl (C=O) groups excluding carboxylic acids is 2. The number of rotatable bonds is 4. The zero-order chi connectivity index (χ0) is 18.4. The number of anilines is 1. The molecule has 2 aliphatic carbocycles. The van der Waals surface area contributed by atoms with Gasteiger partial charge in [0.15, 0.2) is 5.13 Å². The molecule has 2 saturated carbocycles. The molecule has 4 rings (SSSR count). The quantitative estimate of drug-likeness (QED) is 0.887. The van der Waals surface area contributed by atoms with Gasteiger partial charge < -0.3 is 15.2 Å². The molecule has 2 aromatic rings. The Bertz CT molecular complexity index is 885. The Morgan fingerprint density at radius 1 is 1.19 bits per heavy atom. The molecule has 0 aliphatic heterocycles. The smallest absolute Gasteiger partial charge is 0.230 e. The van der Waals surface area contributed by atoms with Crippen LogP contribution in [-0.4, -0.2) is 16.9 Å². The summed E-state index contributed by atoms with van der Waals surface area (Å²) in [6.45, 7) is 0. The Labute approximate surface area is 152 Å². The summed E-state index contributed by atoms with van der Waals surface area (Å²) in [5.74, 6) is -4.30. The van der Waals surface area contributed by atoms with Crippen LogP contribution in [0.4, 0.5) is 13.9 Å². The monoisotopic (exact) mass is 377 g/mol. The molecule has 2 aliphatic rings. The number of halogens is 2. The van der Waals surface area contributed by atoms with Gasteiger partial charge in [0.1, 0.15) is 11.6 Å². The van der Waals surface area contributed by atoms with Crippen LogP contribution in [0.25, 0.3) is 11.3 Å². The number of nitrogens with zero attached hydrogens (tertiary/aromatic N) is 1. The predicted molar refractivity (Wildman–Crippen MR) is 88.9 cm³/mol. The molecule has 2 fully saturated rings. The van der Waals surface area contributed by atoms with Crippen molar-refractivity contribution in [1.82, 2.24) is 4.98 Å². The van der Waals surface area contributed by atoms with Gasteiger partial charge in [-0.05, 0) is 43.2 Å². The van der Waals surface area contributed by atoms with Crippen LogP contribution in [0.3, 0.4) is 0 Å². The van der Waals surface area contributed by atoms with Crippen molar-refractivity contribution < 1.29 is 23.5 Å². The highest BCUT2D eigenvalue weighted by Gasteiger charge is 2.51. The van der Waals surface area contributed by atoms with Crippen LogP contribution in [0.5, 0.6) is 0 Å². The van der Waals surface area contributed by atoms with E-state index in [0.717, 1.165) is 42.7 Å². The third-order valence-electron chi connectivity index (χ3n) is 5.43. The molecule has 0 spiro atoms. The van der Waals surface area contributed by atoms with Crippen molar-refractivity contribution in [3.8, 4) is 11.3 Å². The Balaban J connectivity index is 1.52. The van der Waals surface area contributed by atoms with Gasteiger partial charge in [0, 0.05) is 34.8 Å². The van der Waals surface area contributed by atoms with E-state index < -0.39 is 29.4 Å². The van der Waals surface area contributed by atoms with Gasteiger partial charge in [0.2, 0.25) is 5.91 Å². The second kappa shape index (κ2) is 6.42. The van der Waals surface area contributed by atoms with E-state index in [4.69, 9.17) is 0 Å². The van der Waals surface area contributed by atoms with E-state index in [-0.39, 0.29) is 34.1 Å². The minimum atomic E-state index is -1.18. The van der Waals surface area contributed by atoms with Crippen molar-refractivity contribution in [1.29, 1.82) is 0 Å². The third-order valence-corrected chi connectivity index (χ3v) is 6.19. The molecule has 0 unspecified atom stereocenters. The lowest BCUT2D eigenvalue weighted by molar-refractivity contribution is -0.314. The SMILES string of the molecule is O=C([O-])[C@H]1[C@H]2CC[C@H](C2)[C@@H]1C(=O)Nc1nc(-c2ccc(F)cc2F)cs1. The van der Waals surface area contributed by atoms with Crippen LogP contribution < -0.4 is 10.4 Å². The normalized spacial score (nSPS) is 26.8. The van der Waals surface area contributed by atoms with Crippen LogP contribution in [0, 0.1) is 35.3 Å². The van der Waals surface area contributed by atoms with Crippen molar-refractivity contribution in [3.63, 3.8) is 0 Å². The molecule has 1 amide bonds. The lowest BCUT2D eigenvalue weighted by atomic mass is 9.79. The van der Waals surface area contributed by atoms with Crippen molar-refractivity contribution in [2.24, 2.45) is 23.7 Å². The predicted octanol–water partition coefficient (Wildman–Crippen LogP) is 2.44. The number of carboxylic acid groups (broad SMARTS) is 1. The maximum atomic E-state index is 13.9. The first-order chi connectivity index (χ1) is 12.4. The average Bonchev–Trinajstić information content (AvgIpc) is 3.29. The molecule has 136 valence electrons.